The highest BCUT2D eigenvalue weighted by atomic mass is 79.9. The van der Waals surface area contributed by atoms with E-state index in [1.165, 1.54) is 13.2 Å². The van der Waals surface area contributed by atoms with Crippen molar-refractivity contribution in [3.05, 3.63) is 56.4 Å². The van der Waals surface area contributed by atoms with Gasteiger partial charge in [-0.3, -0.25) is 19.3 Å². The van der Waals surface area contributed by atoms with Gasteiger partial charge in [0.1, 0.15) is 13.2 Å². The predicted molar refractivity (Wildman–Crippen MR) is 128 cm³/mol. The van der Waals surface area contributed by atoms with E-state index in [1.807, 2.05) is 0 Å². The van der Waals surface area contributed by atoms with Gasteiger partial charge in [-0.05, 0) is 54.2 Å². The molecular weight excluding hydrogens is 520 g/mol. The van der Waals surface area contributed by atoms with Crippen LogP contribution >= 0.6 is 39.3 Å². The number of nitrogens with zero attached hydrogens (tertiary/aromatic N) is 1. The second-order valence-corrected chi connectivity index (χ2v) is 8.69. The minimum Gasteiger partial charge on any atom is -0.493 e. The first kappa shape index (κ1) is 23.7. The third-order valence-electron chi connectivity index (χ3n) is 4.16. The summed E-state index contributed by atoms with van der Waals surface area (Å²) in [4.78, 5) is 38.6. The van der Waals surface area contributed by atoms with Crippen molar-refractivity contribution in [1.82, 2.24) is 4.90 Å². The van der Waals surface area contributed by atoms with Gasteiger partial charge in [0.15, 0.2) is 11.5 Å². The molecule has 164 valence electrons. The van der Waals surface area contributed by atoms with Crippen LogP contribution in [0.1, 0.15) is 5.56 Å². The van der Waals surface area contributed by atoms with Crippen LogP contribution in [0.4, 0.5) is 10.5 Å². The first-order valence-corrected chi connectivity index (χ1v) is 11.1. The lowest BCUT2D eigenvalue weighted by atomic mass is 10.1. The molecule has 0 atom stereocenters. The Kier molecular flexibility index (Phi) is 7.85. The third-order valence-corrected chi connectivity index (χ3v) is 5.78. The Bertz CT molecular complexity index is 1140. The van der Waals surface area contributed by atoms with E-state index in [0.717, 1.165) is 16.7 Å². The largest absolute Gasteiger partial charge is 0.493 e. The number of halogens is 2. The zero-order valence-corrected chi connectivity index (χ0v) is 19.8. The summed E-state index contributed by atoms with van der Waals surface area (Å²) >= 11 is 9.93. The number of anilines is 1. The molecule has 2 aromatic rings. The number of carbonyl (C=O) groups is 3. The third kappa shape index (κ3) is 5.65. The summed E-state index contributed by atoms with van der Waals surface area (Å²) in [7, 11) is 1.47. The van der Waals surface area contributed by atoms with Gasteiger partial charge in [-0.1, -0.05) is 33.5 Å². The molecule has 0 saturated carbocycles. The molecule has 1 aliphatic heterocycles. The van der Waals surface area contributed by atoms with E-state index in [1.54, 1.807) is 36.4 Å². The van der Waals surface area contributed by atoms with Gasteiger partial charge in [-0.25, -0.2) is 0 Å². The van der Waals surface area contributed by atoms with Crippen LogP contribution in [-0.4, -0.2) is 42.2 Å². The molecule has 1 heterocycles. The number of terminal acetylenes is 1. The maximum Gasteiger partial charge on any atom is 0.294 e. The summed E-state index contributed by atoms with van der Waals surface area (Å²) in [6.07, 6.45) is 6.79. The lowest BCUT2D eigenvalue weighted by Gasteiger charge is -2.13. The second kappa shape index (κ2) is 10.6. The van der Waals surface area contributed by atoms with E-state index in [9.17, 15) is 14.4 Å². The molecule has 10 heteroatoms. The summed E-state index contributed by atoms with van der Waals surface area (Å²) in [5.74, 6) is 2.01. The number of carbonyl (C=O) groups excluding carboxylic acids is 3. The van der Waals surface area contributed by atoms with E-state index in [4.69, 9.17) is 27.5 Å². The fourth-order valence-corrected chi connectivity index (χ4v) is 4.18. The maximum atomic E-state index is 12.8. The van der Waals surface area contributed by atoms with Gasteiger partial charge in [0, 0.05) is 20.7 Å². The summed E-state index contributed by atoms with van der Waals surface area (Å²) in [6.45, 7) is -0.432. The van der Waals surface area contributed by atoms with Crippen molar-refractivity contribution in [2.75, 3.05) is 25.6 Å². The number of benzene rings is 2. The van der Waals surface area contributed by atoms with E-state index in [2.05, 4.69) is 27.2 Å². The van der Waals surface area contributed by atoms with Crippen molar-refractivity contribution >= 4 is 68.1 Å². The van der Waals surface area contributed by atoms with Gasteiger partial charge in [-0.15, -0.1) is 6.42 Å². The SMILES string of the molecule is C#CCOc1c(/C=C2/SC(=O)N(CC(=O)Nc3ccc(Cl)cc3)C2=O)cc(Br)cc1OC. The number of ether oxygens (including phenoxy) is 2. The van der Waals surface area contributed by atoms with Crippen molar-refractivity contribution in [3.8, 4) is 23.8 Å². The van der Waals surface area contributed by atoms with Crippen molar-refractivity contribution in [2.45, 2.75) is 0 Å². The van der Waals surface area contributed by atoms with Gasteiger partial charge in [0.2, 0.25) is 5.91 Å². The van der Waals surface area contributed by atoms with Gasteiger partial charge in [0.25, 0.3) is 11.1 Å². The molecule has 32 heavy (non-hydrogen) atoms. The summed E-state index contributed by atoms with van der Waals surface area (Å²) in [5, 5.41) is 2.59. The standard InChI is InChI=1S/C22H16BrClN2O5S/c1-3-8-31-20-13(9-14(23)11-17(20)30-2)10-18-21(28)26(22(29)32-18)12-19(27)25-16-6-4-15(24)5-7-16/h1,4-7,9-11H,8,12H2,2H3,(H,25,27)/b18-10+. The Hall–Kier alpha value is -2.93. The highest BCUT2D eigenvalue weighted by molar-refractivity contribution is 9.10. The minimum atomic E-state index is -0.590. The molecule has 2 aromatic carbocycles. The molecule has 0 radical (unpaired) electrons. The number of amides is 3. The van der Waals surface area contributed by atoms with Crippen LogP contribution in [0.5, 0.6) is 11.5 Å². The quantitative estimate of drug-likeness (QED) is 0.405. The molecule has 0 aliphatic carbocycles. The number of nitrogens with one attached hydrogen (secondary N) is 1. The Balaban J connectivity index is 1.81. The van der Waals surface area contributed by atoms with E-state index >= 15 is 0 Å². The highest BCUT2D eigenvalue weighted by Crippen LogP contribution is 2.39. The summed E-state index contributed by atoms with van der Waals surface area (Å²) in [5.41, 5.74) is 0.987. The van der Waals surface area contributed by atoms with Crippen LogP contribution in [0.25, 0.3) is 6.08 Å². The molecule has 7 nitrogen and oxygen atoms in total. The predicted octanol–water partition coefficient (Wildman–Crippen LogP) is 4.80. The molecule has 0 spiro atoms. The number of thioether (sulfide) groups is 1. The number of rotatable bonds is 7. The molecule has 3 amide bonds. The molecule has 0 unspecified atom stereocenters. The van der Waals surface area contributed by atoms with Gasteiger partial charge in [-0.2, -0.15) is 0 Å². The fraction of sp³-hybridized carbons (Fsp3) is 0.136. The lowest BCUT2D eigenvalue weighted by Crippen LogP contribution is -2.36. The van der Waals surface area contributed by atoms with E-state index in [-0.39, 0.29) is 11.5 Å². The molecule has 0 bridgehead atoms. The molecular formula is C22H16BrClN2O5S. The van der Waals surface area contributed by atoms with Crippen molar-refractivity contribution < 1.29 is 23.9 Å². The average molecular weight is 536 g/mol. The molecule has 1 N–H and O–H groups in total. The maximum absolute atomic E-state index is 12.8. The second-order valence-electron chi connectivity index (χ2n) is 6.34. The Morgan fingerprint density at radius 1 is 1.31 bits per heavy atom. The van der Waals surface area contributed by atoms with Crippen LogP contribution < -0.4 is 14.8 Å². The molecule has 3 rings (SSSR count). The number of hydrogen-bond acceptors (Lipinski definition) is 6. The van der Waals surface area contributed by atoms with Crippen molar-refractivity contribution in [3.63, 3.8) is 0 Å². The van der Waals surface area contributed by atoms with Gasteiger partial charge >= 0.3 is 0 Å². The fourth-order valence-electron chi connectivity index (χ4n) is 2.77. The number of methoxy groups -OCH3 is 1. The first-order chi connectivity index (χ1) is 15.3. The van der Waals surface area contributed by atoms with Crippen molar-refractivity contribution in [2.24, 2.45) is 0 Å². The number of hydrogen-bond donors (Lipinski definition) is 1. The molecule has 1 fully saturated rings. The van der Waals surface area contributed by atoms with Crippen LogP contribution in [0, 0.1) is 12.3 Å². The van der Waals surface area contributed by atoms with Gasteiger partial charge in [0.05, 0.1) is 12.0 Å². The Morgan fingerprint density at radius 2 is 2.03 bits per heavy atom. The van der Waals surface area contributed by atoms with Crippen LogP contribution in [0.15, 0.2) is 45.8 Å². The van der Waals surface area contributed by atoms with Crippen LogP contribution in [-0.2, 0) is 9.59 Å². The summed E-state index contributed by atoms with van der Waals surface area (Å²) < 4.78 is 11.6. The van der Waals surface area contributed by atoms with E-state index in [0.29, 0.717) is 32.2 Å². The lowest BCUT2D eigenvalue weighted by molar-refractivity contribution is -0.127. The Labute approximate surface area is 202 Å². The first-order valence-electron chi connectivity index (χ1n) is 9.07. The van der Waals surface area contributed by atoms with Crippen LogP contribution in [0.2, 0.25) is 5.02 Å². The highest BCUT2D eigenvalue weighted by Gasteiger charge is 2.36. The van der Waals surface area contributed by atoms with Gasteiger partial charge < -0.3 is 14.8 Å². The minimum absolute atomic E-state index is 0.00875. The zero-order chi connectivity index (χ0) is 23.3. The number of imide groups is 1. The molecule has 1 aliphatic rings. The smallest absolute Gasteiger partial charge is 0.294 e. The normalized spacial score (nSPS) is 14.4. The molecule has 0 aromatic heterocycles. The summed E-state index contributed by atoms with van der Waals surface area (Å²) in [6, 6.07) is 9.86. The zero-order valence-electron chi connectivity index (χ0n) is 16.7. The van der Waals surface area contributed by atoms with E-state index < -0.39 is 23.6 Å². The van der Waals surface area contributed by atoms with Crippen molar-refractivity contribution in [1.29, 1.82) is 0 Å². The van der Waals surface area contributed by atoms with Crippen LogP contribution in [0.3, 0.4) is 0 Å². The monoisotopic (exact) mass is 534 g/mol. The Morgan fingerprint density at radius 3 is 2.69 bits per heavy atom. The molecule has 1 saturated heterocycles. The average Bonchev–Trinajstić information content (AvgIpc) is 3.01. The topological polar surface area (TPSA) is 84.9 Å².